The summed E-state index contributed by atoms with van der Waals surface area (Å²) in [5.41, 5.74) is 0.860. The van der Waals surface area contributed by atoms with Crippen LogP contribution in [0, 0.1) is 0 Å². The summed E-state index contributed by atoms with van der Waals surface area (Å²) in [7, 11) is 0. The van der Waals surface area contributed by atoms with E-state index in [0.29, 0.717) is 19.5 Å². The van der Waals surface area contributed by atoms with Crippen molar-refractivity contribution in [1.29, 1.82) is 0 Å². The fourth-order valence-electron chi connectivity index (χ4n) is 1.54. The Morgan fingerprint density at radius 2 is 2.44 bits per heavy atom. The third kappa shape index (κ3) is 3.34. The number of aromatic amines is 1. The van der Waals surface area contributed by atoms with Gasteiger partial charge in [-0.05, 0) is 13.3 Å². The topological polar surface area (TPSA) is 105 Å². The Balaban J connectivity index is 1.81. The van der Waals surface area contributed by atoms with Crippen molar-refractivity contribution in [3.63, 3.8) is 0 Å². The van der Waals surface area contributed by atoms with E-state index in [0.717, 1.165) is 11.5 Å². The van der Waals surface area contributed by atoms with Crippen LogP contribution in [0.1, 0.15) is 30.9 Å². The number of aliphatic hydroxyl groups is 1. The zero-order valence-electron chi connectivity index (χ0n) is 10.2. The van der Waals surface area contributed by atoms with Crippen molar-refractivity contribution in [2.45, 2.75) is 32.5 Å². The van der Waals surface area contributed by atoms with Crippen LogP contribution in [0.15, 0.2) is 12.5 Å². The van der Waals surface area contributed by atoms with E-state index in [1.54, 1.807) is 4.68 Å². The molecule has 0 aliphatic carbocycles. The number of nitrogens with zero attached hydrogens (tertiary/aromatic N) is 5. The van der Waals surface area contributed by atoms with E-state index in [1.165, 1.54) is 6.33 Å². The molecular formula is C10H17N7O. The lowest BCUT2D eigenvalue weighted by Crippen LogP contribution is -2.19. The largest absolute Gasteiger partial charge is 0.396 e. The summed E-state index contributed by atoms with van der Waals surface area (Å²) in [5.74, 6) is 0.794. The van der Waals surface area contributed by atoms with Gasteiger partial charge in [0.25, 0.3) is 0 Å². The van der Waals surface area contributed by atoms with Gasteiger partial charge in [-0.25, -0.2) is 4.98 Å². The van der Waals surface area contributed by atoms with Gasteiger partial charge in [-0.15, -0.1) is 5.10 Å². The van der Waals surface area contributed by atoms with E-state index in [2.05, 4.69) is 30.8 Å². The molecule has 0 aliphatic rings. The maximum absolute atomic E-state index is 8.73. The summed E-state index contributed by atoms with van der Waals surface area (Å²) in [5, 5.41) is 26.6. The highest BCUT2D eigenvalue weighted by Gasteiger charge is 2.08. The van der Waals surface area contributed by atoms with Crippen LogP contribution >= 0.6 is 0 Å². The van der Waals surface area contributed by atoms with Crippen LogP contribution in [0.2, 0.25) is 0 Å². The summed E-state index contributed by atoms with van der Waals surface area (Å²) >= 11 is 0. The molecule has 0 bridgehead atoms. The highest BCUT2D eigenvalue weighted by atomic mass is 16.3. The van der Waals surface area contributed by atoms with Crippen LogP contribution in [0.25, 0.3) is 0 Å². The van der Waals surface area contributed by atoms with E-state index >= 15 is 0 Å². The summed E-state index contributed by atoms with van der Waals surface area (Å²) in [6.45, 7) is 3.45. The van der Waals surface area contributed by atoms with Gasteiger partial charge in [0.2, 0.25) is 0 Å². The molecule has 0 saturated carbocycles. The highest BCUT2D eigenvalue weighted by molar-refractivity contribution is 4.95. The number of aromatic nitrogens is 6. The second-order valence-corrected chi connectivity index (χ2v) is 4.02. The zero-order valence-corrected chi connectivity index (χ0v) is 10.2. The molecule has 3 N–H and O–H groups in total. The first-order chi connectivity index (χ1) is 8.79. The van der Waals surface area contributed by atoms with Gasteiger partial charge in [0.15, 0.2) is 0 Å². The van der Waals surface area contributed by atoms with Crippen molar-refractivity contribution in [3.8, 4) is 0 Å². The average molecular weight is 251 g/mol. The highest BCUT2D eigenvalue weighted by Crippen LogP contribution is 2.05. The SMILES string of the molecule is CC(NCc1cn(CCCO)nn1)c1ncn[nH]1. The number of rotatable bonds is 7. The molecule has 2 rings (SSSR count). The van der Waals surface area contributed by atoms with E-state index in [4.69, 9.17) is 5.11 Å². The second-order valence-electron chi connectivity index (χ2n) is 4.02. The first-order valence-corrected chi connectivity index (χ1v) is 5.88. The molecule has 1 atom stereocenters. The van der Waals surface area contributed by atoms with Gasteiger partial charge >= 0.3 is 0 Å². The van der Waals surface area contributed by atoms with Gasteiger partial charge in [0.1, 0.15) is 12.2 Å². The lowest BCUT2D eigenvalue weighted by atomic mass is 10.3. The smallest absolute Gasteiger partial charge is 0.141 e. The van der Waals surface area contributed by atoms with Crippen LogP contribution in [-0.4, -0.2) is 41.9 Å². The van der Waals surface area contributed by atoms with Crippen LogP contribution in [0.5, 0.6) is 0 Å². The lowest BCUT2D eigenvalue weighted by Gasteiger charge is -2.08. The lowest BCUT2D eigenvalue weighted by molar-refractivity contribution is 0.276. The summed E-state index contributed by atoms with van der Waals surface area (Å²) in [6, 6.07) is 0.0788. The van der Waals surface area contributed by atoms with Crippen molar-refractivity contribution >= 4 is 0 Å². The third-order valence-corrected chi connectivity index (χ3v) is 2.56. The average Bonchev–Trinajstić information content (AvgIpc) is 3.04. The Labute approximate surface area is 104 Å². The molecule has 98 valence electrons. The summed E-state index contributed by atoms with van der Waals surface area (Å²) in [6.07, 6.45) is 4.04. The number of aryl methyl sites for hydroxylation is 1. The molecule has 1 unspecified atom stereocenters. The van der Waals surface area contributed by atoms with Gasteiger partial charge in [0.05, 0.1) is 11.7 Å². The summed E-state index contributed by atoms with van der Waals surface area (Å²) < 4.78 is 1.73. The maximum atomic E-state index is 8.73. The van der Waals surface area contributed by atoms with Gasteiger partial charge < -0.3 is 10.4 Å². The van der Waals surface area contributed by atoms with E-state index in [9.17, 15) is 0 Å². The normalized spacial score (nSPS) is 12.8. The van der Waals surface area contributed by atoms with Crippen molar-refractivity contribution in [2.75, 3.05) is 6.61 Å². The minimum Gasteiger partial charge on any atom is -0.396 e. The second kappa shape index (κ2) is 6.22. The van der Waals surface area contributed by atoms with Crippen LogP contribution in [-0.2, 0) is 13.1 Å². The number of hydrogen-bond donors (Lipinski definition) is 3. The molecule has 0 aromatic carbocycles. The third-order valence-electron chi connectivity index (χ3n) is 2.56. The summed E-state index contributed by atoms with van der Waals surface area (Å²) in [4.78, 5) is 4.08. The van der Waals surface area contributed by atoms with Crippen molar-refractivity contribution < 1.29 is 5.11 Å². The van der Waals surface area contributed by atoms with E-state index in [1.807, 2.05) is 13.1 Å². The number of nitrogens with one attached hydrogen (secondary N) is 2. The standard InChI is InChI=1S/C10H17N7O/c1-8(10-12-7-13-15-10)11-5-9-6-17(16-14-9)3-2-4-18/h6-8,11,18H,2-5H2,1H3,(H,12,13,15). The fourth-order valence-corrected chi connectivity index (χ4v) is 1.54. The molecule has 2 heterocycles. The zero-order chi connectivity index (χ0) is 12.8. The van der Waals surface area contributed by atoms with Gasteiger partial charge in [-0.3, -0.25) is 9.78 Å². The van der Waals surface area contributed by atoms with Crippen molar-refractivity contribution in [1.82, 2.24) is 35.5 Å². The van der Waals surface area contributed by atoms with Crippen LogP contribution in [0.3, 0.4) is 0 Å². The van der Waals surface area contributed by atoms with E-state index < -0.39 is 0 Å². The number of H-pyrrole nitrogens is 1. The molecule has 0 radical (unpaired) electrons. The Hall–Kier alpha value is -1.80. The van der Waals surface area contributed by atoms with Gasteiger partial charge in [-0.2, -0.15) is 5.10 Å². The molecular weight excluding hydrogens is 234 g/mol. The Morgan fingerprint density at radius 3 is 3.17 bits per heavy atom. The Morgan fingerprint density at radius 1 is 1.56 bits per heavy atom. The molecule has 0 saturated heterocycles. The predicted octanol–water partition coefficient (Wildman–Crippen LogP) is -0.371. The molecule has 18 heavy (non-hydrogen) atoms. The van der Waals surface area contributed by atoms with Crippen molar-refractivity contribution in [2.24, 2.45) is 0 Å². The number of hydrogen-bond acceptors (Lipinski definition) is 6. The molecule has 0 fully saturated rings. The Kier molecular flexibility index (Phi) is 4.37. The van der Waals surface area contributed by atoms with Crippen LogP contribution in [0.4, 0.5) is 0 Å². The first-order valence-electron chi connectivity index (χ1n) is 5.88. The molecule has 8 heteroatoms. The monoisotopic (exact) mass is 251 g/mol. The van der Waals surface area contributed by atoms with Gasteiger partial charge in [-0.1, -0.05) is 5.21 Å². The number of aliphatic hydroxyl groups excluding tert-OH is 1. The quantitative estimate of drug-likeness (QED) is 0.620. The molecule has 2 aromatic heterocycles. The molecule has 8 nitrogen and oxygen atoms in total. The molecule has 0 aliphatic heterocycles. The van der Waals surface area contributed by atoms with E-state index in [-0.39, 0.29) is 12.6 Å². The molecule has 0 spiro atoms. The fraction of sp³-hybridized carbons (Fsp3) is 0.600. The molecule has 0 amide bonds. The van der Waals surface area contributed by atoms with Gasteiger partial charge in [0, 0.05) is 25.9 Å². The van der Waals surface area contributed by atoms with Crippen molar-refractivity contribution in [3.05, 3.63) is 24.0 Å². The molecule has 2 aromatic rings. The minimum absolute atomic E-state index is 0.0788. The van der Waals surface area contributed by atoms with Crippen LogP contribution < -0.4 is 5.32 Å². The Bertz CT molecular complexity index is 453. The minimum atomic E-state index is 0.0788. The maximum Gasteiger partial charge on any atom is 0.141 e. The first kappa shape index (κ1) is 12.7. The predicted molar refractivity (Wildman–Crippen MR) is 63.4 cm³/mol.